The van der Waals surface area contributed by atoms with E-state index in [4.69, 9.17) is 10.5 Å². The summed E-state index contributed by atoms with van der Waals surface area (Å²) >= 11 is 0. The average molecular weight is 226 g/mol. The first-order valence-electron chi connectivity index (χ1n) is 6.88. The molecule has 0 bridgehead atoms. The van der Waals surface area contributed by atoms with Gasteiger partial charge in [-0.2, -0.15) is 0 Å². The Balaban J connectivity index is 1.48. The van der Waals surface area contributed by atoms with Gasteiger partial charge in [0.25, 0.3) is 0 Å². The van der Waals surface area contributed by atoms with Gasteiger partial charge in [-0.15, -0.1) is 0 Å². The number of rotatable bonds is 6. The minimum atomic E-state index is 0.00758. The summed E-state index contributed by atoms with van der Waals surface area (Å²) in [7, 11) is 0. The Morgan fingerprint density at radius 1 is 1.06 bits per heavy atom. The molecule has 94 valence electrons. The van der Waals surface area contributed by atoms with Crippen molar-refractivity contribution >= 4 is 0 Å². The van der Waals surface area contributed by atoms with Crippen LogP contribution in [0.3, 0.4) is 0 Å². The van der Waals surface area contributed by atoms with Crippen LogP contribution in [0.4, 0.5) is 0 Å². The van der Waals surface area contributed by atoms with Crippen LogP contribution in [-0.2, 0) is 4.74 Å². The van der Waals surface area contributed by atoms with Crippen molar-refractivity contribution in [1.82, 2.24) is 4.90 Å². The summed E-state index contributed by atoms with van der Waals surface area (Å²) in [6.45, 7) is 5.45. The summed E-state index contributed by atoms with van der Waals surface area (Å²) in [5.74, 6) is 0. The van der Waals surface area contributed by atoms with Crippen molar-refractivity contribution in [3.8, 4) is 0 Å². The van der Waals surface area contributed by atoms with Crippen LogP contribution in [0.5, 0.6) is 0 Å². The second-order valence-electron chi connectivity index (χ2n) is 5.52. The first-order valence-corrected chi connectivity index (χ1v) is 6.88. The third-order valence-electron chi connectivity index (χ3n) is 3.95. The first kappa shape index (κ1) is 12.3. The van der Waals surface area contributed by atoms with E-state index in [1.807, 2.05) is 0 Å². The molecule has 3 nitrogen and oxygen atoms in total. The highest BCUT2D eigenvalue weighted by Crippen LogP contribution is 2.27. The van der Waals surface area contributed by atoms with Crippen molar-refractivity contribution in [1.29, 1.82) is 0 Å². The molecule has 1 saturated carbocycles. The molecule has 16 heavy (non-hydrogen) atoms. The highest BCUT2D eigenvalue weighted by Gasteiger charge is 2.29. The number of nitrogens with zero attached hydrogens (tertiary/aromatic N) is 1. The zero-order chi connectivity index (χ0) is 11.3. The predicted octanol–water partition coefficient (Wildman–Crippen LogP) is 1.76. The minimum absolute atomic E-state index is 0.00758. The quantitative estimate of drug-likeness (QED) is 0.701. The topological polar surface area (TPSA) is 38.5 Å². The van der Waals surface area contributed by atoms with Crippen LogP contribution >= 0.6 is 0 Å². The Morgan fingerprint density at radius 2 is 1.75 bits per heavy atom. The maximum absolute atomic E-state index is 6.23. The lowest BCUT2D eigenvalue weighted by molar-refractivity contribution is 0.0803. The lowest BCUT2D eigenvalue weighted by Crippen LogP contribution is -2.41. The van der Waals surface area contributed by atoms with Gasteiger partial charge in [-0.25, -0.2) is 0 Å². The van der Waals surface area contributed by atoms with Crippen LogP contribution in [0, 0.1) is 0 Å². The van der Waals surface area contributed by atoms with E-state index >= 15 is 0 Å². The SMILES string of the molecule is NC1(COCCCN2CCCC2)CCCC1. The molecule has 2 fully saturated rings. The Hall–Kier alpha value is -0.120. The average Bonchev–Trinajstić information content (AvgIpc) is 2.89. The van der Waals surface area contributed by atoms with Gasteiger partial charge in [0, 0.05) is 18.7 Å². The van der Waals surface area contributed by atoms with Gasteiger partial charge < -0.3 is 15.4 Å². The standard InChI is InChI=1S/C13H26N2O/c14-13(6-1-2-7-13)12-16-11-5-10-15-8-3-4-9-15/h1-12,14H2. The summed E-state index contributed by atoms with van der Waals surface area (Å²) < 4.78 is 5.73. The van der Waals surface area contributed by atoms with Crippen molar-refractivity contribution in [2.45, 2.75) is 50.5 Å². The molecule has 0 unspecified atom stereocenters. The molecule has 2 aliphatic rings. The summed E-state index contributed by atoms with van der Waals surface area (Å²) in [6.07, 6.45) is 8.80. The van der Waals surface area contributed by atoms with E-state index in [0.717, 1.165) is 32.5 Å². The van der Waals surface area contributed by atoms with E-state index < -0.39 is 0 Å². The molecule has 0 spiro atoms. The van der Waals surface area contributed by atoms with Crippen molar-refractivity contribution in [3.05, 3.63) is 0 Å². The molecule has 2 N–H and O–H groups in total. The fraction of sp³-hybridized carbons (Fsp3) is 1.00. The molecule has 0 aromatic carbocycles. The summed E-state index contributed by atoms with van der Waals surface area (Å²) in [4.78, 5) is 2.54. The van der Waals surface area contributed by atoms with Crippen molar-refractivity contribution in [2.75, 3.05) is 32.8 Å². The van der Waals surface area contributed by atoms with Gasteiger partial charge >= 0.3 is 0 Å². The number of nitrogens with two attached hydrogens (primary N) is 1. The maximum Gasteiger partial charge on any atom is 0.0646 e. The van der Waals surface area contributed by atoms with Crippen molar-refractivity contribution in [2.24, 2.45) is 5.73 Å². The zero-order valence-corrected chi connectivity index (χ0v) is 10.4. The lowest BCUT2D eigenvalue weighted by Gasteiger charge is -2.23. The molecule has 1 heterocycles. The van der Waals surface area contributed by atoms with Crippen LogP contribution in [0.25, 0.3) is 0 Å². The van der Waals surface area contributed by atoms with Gasteiger partial charge in [0.15, 0.2) is 0 Å². The first-order chi connectivity index (χ1) is 7.79. The van der Waals surface area contributed by atoms with E-state index in [1.54, 1.807) is 0 Å². The van der Waals surface area contributed by atoms with E-state index in [1.165, 1.54) is 45.3 Å². The van der Waals surface area contributed by atoms with Crippen LogP contribution in [-0.4, -0.2) is 43.3 Å². The summed E-state index contributed by atoms with van der Waals surface area (Å²) in [6, 6.07) is 0. The highest BCUT2D eigenvalue weighted by molar-refractivity contribution is 4.88. The molecule has 0 aromatic heterocycles. The van der Waals surface area contributed by atoms with E-state index in [2.05, 4.69) is 4.90 Å². The molecule has 1 saturated heterocycles. The van der Waals surface area contributed by atoms with Gasteiger partial charge in [-0.1, -0.05) is 12.8 Å². The Kier molecular flexibility index (Phi) is 4.62. The van der Waals surface area contributed by atoms with Crippen LogP contribution < -0.4 is 5.73 Å². The second kappa shape index (κ2) is 5.99. The molecule has 3 heteroatoms. The smallest absolute Gasteiger partial charge is 0.0646 e. The zero-order valence-electron chi connectivity index (χ0n) is 10.4. The minimum Gasteiger partial charge on any atom is -0.379 e. The molecule has 0 aromatic rings. The fourth-order valence-electron chi connectivity index (χ4n) is 2.90. The third kappa shape index (κ3) is 3.72. The molecule has 0 atom stereocenters. The largest absolute Gasteiger partial charge is 0.379 e. The molecule has 1 aliphatic carbocycles. The number of likely N-dealkylation sites (tertiary alicyclic amines) is 1. The monoisotopic (exact) mass is 226 g/mol. The number of hydrogen-bond acceptors (Lipinski definition) is 3. The molecular weight excluding hydrogens is 200 g/mol. The maximum atomic E-state index is 6.23. The normalized spacial score (nSPS) is 25.3. The van der Waals surface area contributed by atoms with Gasteiger partial charge in [-0.3, -0.25) is 0 Å². The highest BCUT2D eigenvalue weighted by atomic mass is 16.5. The second-order valence-corrected chi connectivity index (χ2v) is 5.52. The number of ether oxygens (including phenoxy) is 1. The Labute approximate surface area is 99.3 Å². The van der Waals surface area contributed by atoms with Crippen LogP contribution in [0.2, 0.25) is 0 Å². The van der Waals surface area contributed by atoms with Crippen LogP contribution in [0.1, 0.15) is 44.9 Å². The molecule has 0 amide bonds. The lowest BCUT2D eigenvalue weighted by atomic mass is 10.0. The van der Waals surface area contributed by atoms with Crippen LogP contribution in [0.15, 0.2) is 0 Å². The van der Waals surface area contributed by atoms with E-state index in [0.29, 0.717) is 0 Å². The van der Waals surface area contributed by atoms with Crippen molar-refractivity contribution < 1.29 is 4.74 Å². The Morgan fingerprint density at radius 3 is 2.44 bits per heavy atom. The number of hydrogen-bond donors (Lipinski definition) is 1. The summed E-state index contributed by atoms with van der Waals surface area (Å²) in [5, 5.41) is 0. The molecule has 1 aliphatic heterocycles. The molecular formula is C13H26N2O. The summed E-state index contributed by atoms with van der Waals surface area (Å²) in [5.41, 5.74) is 6.24. The fourth-order valence-corrected chi connectivity index (χ4v) is 2.90. The van der Waals surface area contributed by atoms with Crippen molar-refractivity contribution in [3.63, 3.8) is 0 Å². The van der Waals surface area contributed by atoms with Gasteiger partial charge in [0.05, 0.1) is 6.61 Å². The van der Waals surface area contributed by atoms with Gasteiger partial charge in [-0.05, 0) is 45.2 Å². The molecule has 0 radical (unpaired) electrons. The predicted molar refractivity (Wildman–Crippen MR) is 66.5 cm³/mol. The molecule has 2 rings (SSSR count). The Bertz CT molecular complexity index is 196. The third-order valence-corrected chi connectivity index (χ3v) is 3.95. The van der Waals surface area contributed by atoms with E-state index in [-0.39, 0.29) is 5.54 Å². The van der Waals surface area contributed by atoms with E-state index in [9.17, 15) is 0 Å². The van der Waals surface area contributed by atoms with Gasteiger partial charge in [0.2, 0.25) is 0 Å². The van der Waals surface area contributed by atoms with Gasteiger partial charge in [0.1, 0.15) is 0 Å².